The third-order valence-corrected chi connectivity index (χ3v) is 13.7. The Hall–Kier alpha value is -6.42. The molecule has 0 bridgehead atoms. The lowest BCUT2D eigenvalue weighted by Crippen LogP contribution is -2.57. The lowest BCUT2D eigenvalue weighted by atomic mass is 10.00. The van der Waals surface area contributed by atoms with Crippen LogP contribution in [0.25, 0.3) is 11.1 Å². The van der Waals surface area contributed by atoms with Crippen LogP contribution in [0, 0.1) is 0 Å². The van der Waals surface area contributed by atoms with Crippen LogP contribution >= 0.6 is 11.3 Å². The topological polar surface area (TPSA) is 168 Å². The monoisotopic (exact) mass is 894 g/mol. The number of nitrogens with zero attached hydrogens (tertiary/aromatic N) is 5. The maximum absolute atomic E-state index is 14.0. The van der Waals surface area contributed by atoms with E-state index in [0.29, 0.717) is 40.6 Å². The molecule has 4 aromatic carbocycles. The minimum Gasteiger partial charge on any atom is -0.384 e. The van der Waals surface area contributed by atoms with Crippen molar-refractivity contribution >= 4 is 57.4 Å². The molecule has 0 saturated carbocycles. The molecule has 15 heteroatoms. The molecule has 14 nitrogen and oxygen atoms in total. The number of thiazole rings is 1. The Morgan fingerprint density at radius 2 is 1.55 bits per heavy atom. The first-order valence-electron chi connectivity index (χ1n) is 22.7. The highest BCUT2D eigenvalue weighted by atomic mass is 32.1. The number of carbonyl (C=O) groups excluding carboxylic acids is 5. The molecule has 3 unspecified atom stereocenters. The van der Waals surface area contributed by atoms with Gasteiger partial charge in [-0.3, -0.25) is 39.1 Å². The highest BCUT2D eigenvalue weighted by Gasteiger charge is 2.45. The fourth-order valence-corrected chi connectivity index (χ4v) is 10.1. The second kappa shape index (κ2) is 19.8. The molecular weight excluding hydrogens is 841 g/mol. The molecule has 3 atom stereocenters. The van der Waals surface area contributed by atoms with Crippen molar-refractivity contribution in [3.05, 3.63) is 130 Å². The van der Waals surface area contributed by atoms with Gasteiger partial charge in [0, 0.05) is 74.2 Å². The van der Waals surface area contributed by atoms with Crippen LogP contribution in [0.4, 0.5) is 16.5 Å². The predicted molar refractivity (Wildman–Crippen MR) is 251 cm³/mol. The van der Waals surface area contributed by atoms with Gasteiger partial charge in [-0.05, 0) is 78.4 Å². The Kier molecular flexibility index (Phi) is 13.3. The van der Waals surface area contributed by atoms with E-state index in [1.54, 1.807) is 28.6 Å². The molecule has 5 amide bonds. The van der Waals surface area contributed by atoms with Gasteiger partial charge in [-0.15, -0.1) is 11.3 Å². The Balaban J connectivity index is 0.685. The van der Waals surface area contributed by atoms with Gasteiger partial charge in [0.05, 0.1) is 17.2 Å². The molecule has 0 spiro atoms. The van der Waals surface area contributed by atoms with Crippen molar-refractivity contribution in [2.24, 2.45) is 0 Å². The zero-order valence-corrected chi connectivity index (χ0v) is 37.1. The summed E-state index contributed by atoms with van der Waals surface area (Å²) in [5.74, 6) is -1.62. The van der Waals surface area contributed by atoms with Crippen LogP contribution < -0.4 is 20.9 Å². The third kappa shape index (κ3) is 9.54. The summed E-state index contributed by atoms with van der Waals surface area (Å²) in [4.78, 5) is 77.7. The van der Waals surface area contributed by atoms with Gasteiger partial charge in [0.1, 0.15) is 12.3 Å². The predicted octanol–water partition coefficient (Wildman–Crippen LogP) is 6.91. The molecule has 4 aliphatic heterocycles. The molecule has 5 aromatic rings. The number of aliphatic hydroxyl groups is 1. The van der Waals surface area contributed by atoms with E-state index in [9.17, 15) is 29.1 Å². The van der Waals surface area contributed by atoms with Crippen LogP contribution in [0.5, 0.6) is 0 Å². The van der Waals surface area contributed by atoms with Gasteiger partial charge in [0.25, 0.3) is 23.6 Å². The van der Waals surface area contributed by atoms with E-state index in [0.717, 1.165) is 79.1 Å². The van der Waals surface area contributed by atoms with Gasteiger partial charge < -0.3 is 25.5 Å². The fourth-order valence-electron chi connectivity index (χ4n) is 9.56. The van der Waals surface area contributed by atoms with Gasteiger partial charge in [-0.1, -0.05) is 86.3 Å². The van der Waals surface area contributed by atoms with Gasteiger partial charge in [-0.2, -0.15) is 0 Å². The van der Waals surface area contributed by atoms with Crippen molar-refractivity contribution in [1.29, 1.82) is 0 Å². The van der Waals surface area contributed by atoms with Crippen LogP contribution in [-0.2, 0) is 16.1 Å². The minimum atomic E-state index is -1.27. The number of imide groups is 1. The molecule has 9 rings (SSSR count). The van der Waals surface area contributed by atoms with Crippen molar-refractivity contribution in [1.82, 2.24) is 25.0 Å². The number of anilines is 3. The Morgan fingerprint density at radius 3 is 2.31 bits per heavy atom. The number of hydrogen-bond donors (Lipinski definition) is 4. The molecule has 4 N–H and O–H groups in total. The molecule has 0 aliphatic carbocycles. The van der Waals surface area contributed by atoms with Crippen LogP contribution in [0.2, 0.25) is 0 Å². The highest BCUT2D eigenvalue weighted by molar-refractivity contribution is 7.13. The average Bonchev–Trinajstić information content (AvgIpc) is 4.02. The number of piperidine rings is 1. The summed E-state index contributed by atoms with van der Waals surface area (Å²) in [6.45, 7) is 6.12. The van der Waals surface area contributed by atoms with E-state index in [2.05, 4.69) is 61.1 Å². The molecule has 4 aliphatic rings. The Morgan fingerprint density at radius 1 is 0.800 bits per heavy atom. The number of nitrogens with one attached hydrogen (secondary N) is 3. The SMILES string of the molecule is O=C1CCC(N2C(=O)c3cccc(NCCCCCCCCN4CCN(c5ccc(-c6ccc7c(c6)C(=O)N(C(C(=O)Nc6nccs6)c6ccccc6)C7)cc5)CC4)c3C2=O)C(O)N1. The van der Waals surface area contributed by atoms with Gasteiger partial charge >= 0.3 is 0 Å². The number of aromatic nitrogens is 1. The van der Waals surface area contributed by atoms with Crippen LogP contribution in [-0.4, -0.2) is 106 Å². The lowest BCUT2D eigenvalue weighted by molar-refractivity contribution is -0.129. The van der Waals surface area contributed by atoms with E-state index < -0.39 is 30.1 Å². The maximum Gasteiger partial charge on any atom is 0.264 e. The van der Waals surface area contributed by atoms with Crippen molar-refractivity contribution in [3.63, 3.8) is 0 Å². The van der Waals surface area contributed by atoms with E-state index >= 15 is 0 Å². The molecule has 1 aromatic heterocycles. The smallest absolute Gasteiger partial charge is 0.264 e. The normalized spacial score (nSPS) is 19.0. The van der Waals surface area contributed by atoms with Gasteiger partial charge in [0.15, 0.2) is 5.13 Å². The number of aliphatic hydroxyl groups excluding tert-OH is 1. The zero-order valence-electron chi connectivity index (χ0n) is 36.3. The summed E-state index contributed by atoms with van der Waals surface area (Å²) in [7, 11) is 0. The van der Waals surface area contributed by atoms with Gasteiger partial charge in [0.2, 0.25) is 5.91 Å². The number of hydrogen-bond acceptors (Lipinski definition) is 11. The van der Waals surface area contributed by atoms with Crippen molar-refractivity contribution in [2.45, 2.75) is 76.2 Å². The molecule has 5 heterocycles. The second-order valence-electron chi connectivity index (χ2n) is 17.2. The van der Waals surface area contributed by atoms with E-state index in [4.69, 9.17) is 0 Å². The quantitative estimate of drug-likeness (QED) is 0.0569. The molecule has 336 valence electrons. The van der Waals surface area contributed by atoms with Crippen molar-refractivity contribution in [2.75, 3.05) is 54.8 Å². The van der Waals surface area contributed by atoms with E-state index in [1.165, 1.54) is 36.3 Å². The van der Waals surface area contributed by atoms with E-state index in [1.807, 2.05) is 48.5 Å². The van der Waals surface area contributed by atoms with Crippen LogP contribution in [0.3, 0.4) is 0 Å². The van der Waals surface area contributed by atoms with Gasteiger partial charge in [-0.25, -0.2) is 4.98 Å². The number of benzene rings is 4. The largest absolute Gasteiger partial charge is 0.384 e. The summed E-state index contributed by atoms with van der Waals surface area (Å²) >= 11 is 1.34. The molecule has 2 saturated heterocycles. The molecule has 0 radical (unpaired) electrons. The average molecular weight is 895 g/mol. The fraction of sp³-hybridized carbons (Fsp3) is 0.360. The van der Waals surface area contributed by atoms with E-state index in [-0.39, 0.29) is 30.6 Å². The Labute approximate surface area is 382 Å². The molecular formula is C50H54N8O6S. The summed E-state index contributed by atoms with van der Waals surface area (Å²) in [6, 6.07) is 27.7. The molecule has 2 fully saturated rings. The first kappa shape index (κ1) is 43.8. The van der Waals surface area contributed by atoms with Crippen molar-refractivity contribution in [3.8, 4) is 11.1 Å². The standard InChI is InChI=1S/C50H54N8O6S/c59-42-22-21-41(45(60)53-42)58-48(63)38-13-10-14-40(43(38)49(58)64)51-23-8-3-1-2-4-9-25-55-26-28-56(29-27-55)37-19-17-33(18-20-37)35-15-16-36-32-57(47(62)39(36)31-35)44(34-11-6-5-7-12-34)46(61)54-50-52-24-30-65-50/h5-7,10-20,24,30-31,41,44-45,51,60H,1-4,8-9,21-23,25-29,32H2,(H,53,59)(H,52,54,61). The number of fused-ring (bicyclic) bond motifs is 2. The van der Waals surface area contributed by atoms with Crippen LogP contribution in [0.15, 0.2) is 103 Å². The number of rotatable bonds is 17. The third-order valence-electron chi connectivity index (χ3n) is 13.1. The lowest BCUT2D eigenvalue weighted by Gasteiger charge is -2.36. The summed E-state index contributed by atoms with van der Waals surface area (Å²) in [5, 5.41) is 21.4. The minimum absolute atomic E-state index is 0.152. The summed E-state index contributed by atoms with van der Waals surface area (Å²) < 4.78 is 0. The van der Waals surface area contributed by atoms with Crippen molar-refractivity contribution < 1.29 is 29.1 Å². The summed E-state index contributed by atoms with van der Waals surface area (Å²) in [5.41, 5.74) is 6.75. The highest BCUT2D eigenvalue weighted by Crippen LogP contribution is 2.36. The zero-order chi connectivity index (χ0) is 44.9. The number of carbonyl (C=O) groups is 5. The maximum atomic E-state index is 14.0. The molecule has 65 heavy (non-hydrogen) atoms. The number of unbranched alkanes of at least 4 members (excludes halogenated alkanes) is 5. The Bertz CT molecular complexity index is 2530. The summed E-state index contributed by atoms with van der Waals surface area (Å²) in [6.07, 6.45) is 7.43. The number of piperazine rings is 1. The first-order valence-corrected chi connectivity index (χ1v) is 23.6. The first-order chi connectivity index (χ1) is 31.7. The van der Waals surface area contributed by atoms with Crippen LogP contribution in [0.1, 0.15) is 99.6 Å². The number of amides is 5. The second-order valence-corrected chi connectivity index (χ2v) is 18.1.